The van der Waals surface area contributed by atoms with E-state index < -0.39 is 0 Å². The predicted octanol–water partition coefficient (Wildman–Crippen LogP) is 4.00. The van der Waals surface area contributed by atoms with Gasteiger partial charge in [0, 0.05) is 35.9 Å². The van der Waals surface area contributed by atoms with Gasteiger partial charge in [-0.05, 0) is 37.3 Å². The third-order valence-electron chi connectivity index (χ3n) is 5.29. The van der Waals surface area contributed by atoms with Crippen molar-refractivity contribution in [1.29, 1.82) is 0 Å². The van der Waals surface area contributed by atoms with E-state index in [2.05, 4.69) is 43.5 Å². The molecule has 0 atom stereocenters. The van der Waals surface area contributed by atoms with Gasteiger partial charge in [0.05, 0.1) is 40.8 Å². The van der Waals surface area contributed by atoms with E-state index in [0.717, 1.165) is 56.0 Å². The molecule has 0 unspecified atom stereocenters. The molecule has 0 saturated carbocycles. The highest BCUT2D eigenvalue weighted by atomic mass is 15.2. The molecule has 0 amide bonds. The molecule has 0 spiro atoms. The van der Waals surface area contributed by atoms with Crippen LogP contribution in [-0.4, -0.2) is 39.5 Å². The van der Waals surface area contributed by atoms with Crippen molar-refractivity contribution in [1.82, 2.24) is 39.5 Å². The number of benzene rings is 1. The van der Waals surface area contributed by atoms with Crippen LogP contribution in [-0.2, 0) is 7.05 Å². The highest BCUT2D eigenvalue weighted by Gasteiger charge is 2.15. The number of aromatic amines is 2. The summed E-state index contributed by atoms with van der Waals surface area (Å²) in [5.41, 5.74) is 8.34. The predicted molar refractivity (Wildman–Crippen MR) is 115 cm³/mol. The van der Waals surface area contributed by atoms with Gasteiger partial charge in [-0.3, -0.25) is 9.78 Å². The Bertz CT molecular complexity index is 1530. The molecule has 146 valence electrons. The van der Waals surface area contributed by atoms with Gasteiger partial charge in [0.25, 0.3) is 0 Å². The summed E-state index contributed by atoms with van der Waals surface area (Å²) in [5.74, 6) is 0. The monoisotopic (exact) mass is 394 g/mol. The van der Waals surface area contributed by atoms with Crippen LogP contribution in [0.5, 0.6) is 0 Å². The second kappa shape index (κ2) is 6.15. The minimum atomic E-state index is 0.791. The Morgan fingerprint density at radius 1 is 1.03 bits per heavy atom. The Labute approximate surface area is 171 Å². The molecule has 0 fully saturated rings. The Morgan fingerprint density at radius 3 is 2.77 bits per heavy atom. The molecule has 0 aliphatic rings. The summed E-state index contributed by atoms with van der Waals surface area (Å²) in [5, 5.41) is 13.0. The largest absolute Gasteiger partial charge is 0.353 e. The molecule has 0 bridgehead atoms. The first-order valence-electron chi connectivity index (χ1n) is 9.63. The Kier molecular flexibility index (Phi) is 3.43. The van der Waals surface area contributed by atoms with E-state index in [1.165, 1.54) is 0 Å². The molecule has 5 heterocycles. The number of hydrogen-bond acceptors (Lipinski definition) is 4. The fourth-order valence-electron chi connectivity index (χ4n) is 3.85. The van der Waals surface area contributed by atoms with Crippen LogP contribution in [0, 0.1) is 6.92 Å². The molecule has 6 aromatic rings. The van der Waals surface area contributed by atoms with E-state index in [4.69, 9.17) is 4.98 Å². The number of rotatable bonds is 3. The summed E-state index contributed by atoms with van der Waals surface area (Å²) in [6, 6.07) is 12.3. The van der Waals surface area contributed by atoms with E-state index >= 15 is 0 Å². The molecular formula is C22H18N8. The molecule has 0 radical (unpaired) electrons. The zero-order chi connectivity index (χ0) is 20.2. The minimum Gasteiger partial charge on any atom is -0.353 e. The molecule has 2 N–H and O–H groups in total. The zero-order valence-corrected chi connectivity index (χ0v) is 16.5. The Balaban J connectivity index is 1.52. The summed E-state index contributed by atoms with van der Waals surface area (Å²) in [6.07, 6.45) is 7.63. The van der Waals surface area contributed by atoms with Crippen molar-refractivity contribution in [3.8, 4) is 28.3 Å². The molecular weight excluding hydrogens is 376 g/mol. The van der Waals surface area contributed by atoms with Gasteiger partial charge in [-0.25, -0.2) is 9.97 Å². The number of nitrogens with zero attached hydrogens (tertiary/aromatic N) is 6. The summed E-state index contributed by atoms with van der Waals surface area (Å²) >= 11 is 0. The quantitative estimate of drug-likeness (QED) is 0.474. The van der Waals surface area contributed by atoms with Gasteiger partial charge in [-0.2, -0.15) is 10.2 Å². The van der Waals surface area contributed by atoms with E-state index in [1.807, 2.05) is 61.7 Å². The summed E-state index contributed by atoms with van der Waals surface area (Å²) in [4.78, 5) is 12.7. The second-order valence-electron chi connectivity index (χ2n) is 7.41. The third-order valence-corrected chi connectivity index (χ3v) is 5.29. The smallest absolute Gasteiger partial charge is 0.135 e. The van der Waals surface area contributed by atoms with Crippen molar-refractivity contribution >= 4 is 21.9 Å². The maximum atomic E-state index is 4.87. The minimum absolute atomic E-state index is 0.791. The van der Waals surface area contributed by atoms with Crippen molar-refractivity contribution < 1.29 is 0 Å². The third kappa shape index (κ3) is 2.54. The first kappa shape index (κ1) is 16.7. The van der Waals surface area contributed by atoms with Crippen LogP contribution in [0.1, 0.15) is 5.69 Å². The molecule has 0 aliphatic heterocycles. The normalized spacial score (nSPS) is 11.7. The number of nitrogens with one attached hydrogen (secondary N) is 2. The lowest BCUT2D eigenvalue weighted by Gasteiger charge is -2.03. The Morgan fingerprint density at radius 2 is 1.97 bits per heavy atom. The van der Waals surface area contributed by atoms with Crippen molar-refractivity contribution in [2.75, 3.05) is 0 Å². The number of hydrogen-bond donors (Lipinski definition) is 2. The number of H-pyrrole nitrogens is 2. The summed E-state index contributed by atoms with van der Waals surface area (Å²) in [7, 11) is 1.90. The van der Waals surface area contributed by atoms with Gasteiger partial charge in [0.15, 0.2) is 0 Å². The van der Waals surface area contributed by atoms with Gasteiger partial charge in [0.2, 0.25) is 0 Å². The summed E-state index contributed by atoms with van der Waals surface area (Å²) in [6.45, 7) is 1.99. The second-order valence-corrected chi connectivity index (χ2v) is 7.41. The lowest BCUT2D eigenvalue weighted by Crippen LogP contribution is -1.89. The fourth-order valence-corrected chi connectivity index (χ4v) is 3.85. The van der Waals surface area contributed by atoms with Gasteiger partial charge >= 0.3 is 0 Å². The van der Waals surface area contributed by atoms with Crippen LogP contribution in [0.25, 0.3) is 50.3 Å². The van der Waals surface area contributed by atoms with Crippen LogP contribution in [0.2, 0.25) is 0 Å². The molecule has 5 aromatic heterocycles. The molecule has 8 heteroatoms. The molecule has 6 rings (SSSR count). The van der Waals surface area contributed by atoms with Crippen molar-refractivity contribution in [3.63, 3.8) is 0 Å². The van der Waals surface area contributed by atoms with E-state index in [1.54, 1.807) is 4.68 Å². The average Bonchev–Trinajstić information content (AvgIpc) is 3.52. The first-order valence-corrected chi connectivity index (χ1v) is 9.63. The van der Waals surface area contributed by atoms with Gasteiger partial charge in [-0.1, -0.05) is 6.07 Å². The van der Waals surface area contributed by atoms with Crippen molar-refractivity contribution in [2.45, 2.75) is 6.92 Å². The SMILES string of the molecule is Cc1cn(-c2cccc3[nH]c(-c4n[nH]c5ccc(-c6cnn(C)c6)nc45)cc23)cn1. The molecule has 0 aliphatic carbocycles. The van der Waals surface area contributed by atoms with Crippen LogP contribution in [0.3, 0.4) is 0 Å². The molecule has 30 heavy (non-hydrogen) atoms. The Hall–Kier alpha value is -4.20. The van der Waals surface area contributed by atoms with Crippen LogP contribution < -0.4 is 0 Å². The van der Waals surface area contributed by atoms with E-state index in [-0.39, 0.29) is 0 Å². The standard InChI is InChI=1S/C22H18N8/c1-13-10-30(12-23-13)20-5-3-4-17-15(20)8-19(25-17)22-21-18(27-28-22)7-6-16(26-21)14-9-24-29(2)11-14/h3-12,25H,1-2H3,(H,27,28). The molecule has 8 nitrogen and oxygen atoms in total. The lowest BCUT2D eigenvalue weighted by molar-refractivity contribution is 0.768. The number of pyridine rings is 1. The van der Waals surface area contributed by atoms with Crippen LogP contribution >= 0.6 is 0 Å². The van der Waals surface area contributed by atoms with Crippen LogP contribution in [0.4, 0.5) is 0 Å². The first-order chi connectivity index (χ1) is 14.7. The van der Waals surface area contributed by atoms with Gasteiger partial charge < -0.3 is 9.55 Å². The molecule has 0 saturated heterocycles. The highest BCUT2D eigenvalue weighted by molar-refractivity contribution is 5.97. The highest BCUT2D eigenvalue weighted by Crippen LogP contribution is 2.31. The number of imidazole rings is 1. The topological polar surface area (TPSA) is 93.0 Å². The van der Waals surface area contributed by atoms with E-state index in [0.29, 0.717) is 0 Å². The zero-order valence-electron chi connectivity index (χ0n) is 16.5. The maximum absolute atomic E-state index is 4.87. The summed E-state index contributed by atoms with van der Waals surface area (Å²) < 4.78 is 3.81. The van der Waals surface area contributed by atoms with Gasteiger partial charge in [0.1, 0.15) is 11.2 Å². The maximum Gasteiger partial charge on any atom is 0.135 e. The van der Waals surface area contributed by atoms with Crippen LogP contribution in [0.15, 0.2) is 61.3 Å². The molecule has 1 aromatic carbocycles. The number of aryl methyl sites for hydroxylation is 2. The van der Waals surface area contributed by atoms with Crippen molar-refractivity contribution in [2.24, 2.45) is 7.05 Å². The lowest BCUT2D eigenvalue weighted by atomic mass is 10.1. The van der Waals surface area contributed by atoms with Crippen molar-refractivity contribution in [3.05, 3.63) is 67.0 Å². The fraction of sp³-hybridized carbons (Fsp3) is 0.0909. The van der Waals surface area contributed by atoms with E-state index in [9.17, 15) is 0 Å². The van der Waals surface area contributed by atoms with Gasteiger partial charge in [-0.15, -0.1) is 0 Å². The number of aromatic nitrogens is 8. The number of fused-ring (bicyclic) bond motifs is 2. The average molecular weight is 394 g/mol.